The number of H-pyrrole nitrogens is 1. The minimum Gasteiger partial charge on any atom is -0.378 e. The van der Waals surface area contributed by atoms with E-state index in [1.165, 1.54) is 64.6 Å². The number of hydrogen-bond donors (Lipinski definition) is 1. The minimum atomic E-state index is 0.657. The Morgan fingerprint density at radius 3 is 2.38 bits per heavy atom. The molecule has 0 spiro atoms. The molecular weight excluding hydrogens is 492 g/mol. The fourth-order valence-electron chi connectivity index (χ4n) is 7.33. The fraction of sp³-hybridized carbons (Fsp3) is 0.314. The number of aryl methyl sites for hydroxylation is 3. The van der Waals surface area contributed by atoms with E-state index in [0.717, 1.165) is 41.9 Å². The van der Waals surface area contributed by atoms with Gasteiger partial charge in [0, 0.05) is 58.8 Å². The van der Waals surface area contributed by atoms with Gasteiger partial charge in [0.1, 0.15) is 5.65 Å². The number of morpholine rings is 1. The molecule has 5 heteroatoms. The van der Waals surface area contributed by atoms with Gasteiger partial charge in [-0.2, -0.15) is 0 Å². The summed E-state index contributed by atoms with van der Waals surface area (Å²) >= 11 is 0. The first-order valence-electron chi connectivity index (χ1n) is 14.7. The highest BCUT2D eigenvalue weighted by Crippen LogP contribution is 2.38. The van der Waals surface area contributed by atoms with Crippen LogP contribution < -0.4 is 0 Å². The lowest BCUT2D eigenvalue weighted by atomic mass is 9.87. The van der Waals surface area contributed by atoms with Gasteiger partial charge in [-0.1, -0.05) is 48.5 Å². The molecule has 0 amide bonds. The molecule has 2 aromatic carbocycles. The zero-order valence-corrected chi connectivity index (χ0v) is 22.9. The first kappa shape index (κ1) is 24.0. The summed E-state index contributed by atoms with van der Waals surface area (Å²) < 4.78 is 5.75. The zero-order chi connectivity index (χ0) is 26.6. The van der Waals surface area contributed by atoms with Gasteiger partial charge in [-0.3, -0.25) is 9.88 Å². The van der Waals surface area contributed by atoms with E-state index in [2.05, 4.69) is 82.6 Å². The van der Waals surface area contributed by atoms with Crippen LogP contribution in [0.15, 0.2) is 79.3 Å². The first-order valence-corrected chi connectivity index (χ1v) is 14.7. The van der Waals surface area contributed by atoms with E-state index >= 15 is 0 Å². The first-order chi connectivity index (χ1) is 19.7. The van der Waals surface area contributed by atoms with Gasteiger partial charge in [0.05, 0.1) is 18.9 Å². The van der Waals surface area contributed by atoms with Gasteiger partial charge in [0.2, 0.25) is 0 Å². The molecule has 8 rings (SSSR count). The maximum atomic E-state index is 5.75. The minimum absolute atomic E-state index is 0.657. The summed E-state index contributed by atoms with van der Waals surface area (Å²) in [6.45, 7) is 3.96. The summed E-state index contributed by atoms with van der Waals surface area (Å²) in [4.78, 5) is 15.6. The average molecular weight is 527 g/mol. The molecule has 1 N–H and O–H groups in total. The van der Waals surface area contributed by atoms with Crippen molar-refractivity contribution in [2.75, 3.05) is 13.2 Å². The van der Waals surface area contributed by atoms with E-state index in [1.807, 2.05) is 18.5 Å². The number of nitrogens with one attached hydrogen (secondary N) is 1. The second-order valence-corrected chi connectivity index (χ2v) is 11.8. The highest BCUT2D eigenvalue weighted by Gasteiger charge is 2.45. The number of rotatable bonds is 4. The number of nitrogens with zero attached hydrogens (tertiary/aromatic N) is 3. The van der Waals surface area contributed by atoms with Gasteiger partial charge in [-0.05, 0) is 79.0 Å². The molecule has 200 valence electrons. The SMILES string of the molecule is Cc1cccnc1-c1ccc(-c2c[nH]c3ncc(-c4ccc5c(c4)CCC(N4C6COCC4C6)CC5)cc23)cc1. The van der Waals surface area contributed by atoms with E-state index < -0.39 is 0 Å². The molecular formula is C35H34N4O. The second kappa shape index (κ2) is 9.69. The Morgan fingerprint density at radius 2 is 1.57 bits per heavy atom. The van der Waals surface area contributed by atoms with Crippen LogP contribution in [0.25, 0.3) is 44.5 Å². The van der Waals surface area contributed by atoms with E-state index in [1.54, 1.807) is 0 Å². The highest BCUT2D eigenvalue weighted by molar-refractivity contribution is 5.96. The Bertz CT molecular complexity index is 1690. The molecule has 3 atom stereocenters. The number of aromatic nitrogens is 3. The highest BCUT2D eigenvalue weighted by atomic mass is 16.5. The molecule has 2 fully saturated rings. The van der Waals surface area contributed by atoms with E-state index in [9.17, 15) is 0 Å². The van der Waals surface area contributed by atoms with Crippen molar-refractivity contribution in [2.45, 2.75) is 57.2 Å². The Hall–Kier alpha value is -3.80. The molecule has 5 nitrogen and oxygen atoms in total. The molecule has 2 aliphatic heterocycles. The number of hydrogen-bond acceptors (Lipinski definition) is 4. The summed E-state index contributed by atoms with van der Waals surface area (Å²) in [5, 5.41) is 1.15. The number of fused-ring (bicyclic) bond motifs is 4. The maximum Gasteiger partial charge on any atom is 0.137 e. The lowest BCUT2D eigenvalue weighted by Gasteiger charge is -2.56. The van der Waals surface area contributed by atoms with Crippen molar-refractivity contribution in [2.24, 2.45) is 0 Å². The Labute approximate surface area is 235 Å². The molecule has 0 radical (unpaired) electrons. The van der Waals surface area contributed by atoms with Crippen LogP contribution in [0.4, 0.5) is 0 Å². The third kappa shape index (κ3) is 4.07. The van der Waals surface area contributed by atoms with Crippen LogP contribution in [0.3, 0.4) is 0 Å². The van der Waals surface area contributed by atoms with Gasteiger partial charge in [-0.15, -0.1) is 0 Å². The van der Waals surface area contributed by atoms with E-state index in [4.69, 9.17) is 9.72 Å². The summed E-state index contributed by atoms with van der Waals surface area (Å²) in [7, 11) is 0. The van der Waals surface area contributed by atoms with Crippen LogP contribution in [0, 0.1) is 6.92 Å². The van der Waals surface area contributed by atoms with Gasteiger partial charge in [-0.25, -0.2) is 4.98 Å². The molecule has 40 heavy (non-hydrogen) atoms. The molecule has 3 unspecified atom stereocenters. The van der Waals surface area contributed by atoms with Crippen molar-refractivity contribution in [1.29, 1.82) is 0 Å². The summed E-state index contributed by atoms with van der Waals surface area (Å²) in [5.41, 5.74) is 12.1. The summed E-state index contributed by atoms with van der Waals surface area (Å²) in [6.07, 6.45) is 12.1. The molecule has 1 aliphatic carbocycles. The lowest BCUT2D eigenvalue weighted by molar-refractivity contribution is -0.148. The molecule has 5 heterocycles. The van der Waals surface area contributed by atoms with Crippen LogP contribution in [0.1, 0.15) is 36.0 Å². The molecule has 5 aromatic rings. The fourth-order valence-corrected chi connectivity index (χ4v) is 7.33. The Morgan fingerprint density at radius 1 is 0.800 bits per heavy atom. The van der Waals surface area contributed by atoms with Crippen molar-refractivity contribution < 1.29 is 4.74 Å². The average Bonchev–Trinajstić information content (AvgIpc) is 3.32. The number of pyridine rings is 2. The molecule has 2 bridgehead atoms. The van der Waals surface area contributed by atoms with Crippen molar-refractivity contribution >= 4 is 11.0 Å². The number of benzene rings is 2. The monoisotopic (exact) mass is 526 g/mol. The quantitative estimate of drug-likeness (QED) is 0.257. The third-order valence-electron chi connectivity index (χ3n) is 9.47. The molecule has 2 saturated heterocycles. The molecule has 3 aliphatic rings. The third-order valence-corrected chi connectivity index (χ3v) is 9.47. The van der Waals surface area contributed by atoms with E-state index in [0.29, 0.717) is 18.1 Å². The second-order valence-electron chi connectivity index (χ2n) is 11.8. The van der Waals surface area contributed by atoms with Gasteiger partial charge in [0.15, 0.2) is 0 Å². The van der Waals surface area contributed by atoms with Crippen LogP contribution in [-0.4, -0.2) is 51.2 Å². The van der Waals surface area contributed by atoms with Crippen molar-refractivity contribution in [3.63, 3.8) is 0 Å². The summed E-state index contributed by atoms with van der Waals surface area (Å²) in [5.74, 6) is 0. The van der Waals surface area contributed by atoms with Crippen LogP contribution >= 0.6 is 0 Å². The number of aromatic amines is 1. The molecule has 0 saturated carbocycles. The zero-order valence-electron chi connectivity index (χ0n) is 22.9. The van der Waals surface area contributed by atoms with E-state index in [-0.39, 0.29) is 0 Å². The Kier molecular flexibility index (Phi) is 5.82. The lowest BCUT2D eigenvalue weighted by Crippen LogP contribution is -2.66. The van der Waals surface area contributed by atoms with Gasteiger partial charge in [0.25, 0.3) is 0 Å². The predicted molar refractivity (Wildman–Crippen MR) is 160 cm³/mol. The van der Waals surface area contributed by atoms with Gasteiger partial charge < -0.3 is 9.72 Å². The normalized spacial score (nSPS) is 22.5. The topological polar surface area (TPSA) is 54.0 Å². The predicted octanol–water partition coefficient (Wildman–Crippen LogP) is 6.99. The van der Waals surface area contributed by atoms with Crippen LogP contribution in [0.2, 0.25) is 0 Å². The van der Waals surface area contributed by atoms with Gasteiger partial charge >= 0.3 is 0 Å². The largest absolute Gasteiger partial charge is 0.378 e. The standard InChI is InChI=1S/C35H34N4O/c1-22-3-2-14-36-34(22)25-7-5-24(6-8-25)33-19-38-35-32(33)16-28(18-37-35)27-9-4-23-10-12-29(13-11-26(23)15-27)39-30-17-31(39)21-40-20-30/h2-9,14-16,18-19,29-31H,10-13,17,20-21H2,1H3,(H,37,38). The number of ether oxygens (including phenoxy) is 1. The van der Waals surface area contributed by atoms with Crippen molar-refractivity contribution in [1.82, 2.24) is 19.9 Å². The van der Waals surface area contributed by atoms with Crippen LogP contribution in [0.5, 0.6) is 0 Å². The van der Waals surface area contributed by atoms with Crippen LogP contribution in [-0.2, 0) is 17.6 Å². The molecule has 3 aromatic heterocycles. The van der Waals surface area contributed by atoms with Crippen molar-refractivity contribution in [3.05, 3.63) is 95.9 Å². The Balaban J connectivity index is 1.06. The summed E-state index contributed by atoms with van der Waals surface area (Å²) in [6, 6.07) is 24.2. The smallest absolute Gasteiger partial charge is 0.137 e. The maximum absolute atomic E-state index is 5.75. The van der Waals surface area contributed by atoms with Crippen molar-refractivity contribution in [3.8, 4) is 33.5 Å².